The molecule has 2 aromatic rings. The number of hydrogen-bond donors (Lipinski definition) is 1. The molecule has 0 radical (unpaired) electrons. The second kappa shape index (κ2) is 5.65. The number of furan rings is 1. The van der Waals surface area contributed by atoms with Crippen LogP contribution in [0.15, 0.2) is 27.4 Å². The Balaban J connectivity index is 1.95. The lowest BCUT2D eigenvalue weighted by atomic mass is 10.2. The standard InChI is InChI=1S/C12H16N2O3/c1-9-3-5-16-12(9)10-7-14-11(17-10)8-13-4-6-15-2/h3,5,7,13H,4,6,8H2,1-2H3. The van der Waals surface area contributed by atoms with Gasteiger partial charge in [-0.05, 0) is 18.6 Å². The predicted molar refractivity (Wildman–Crippen MR) is 62.5 cm³/mol. The van der Waals surface area contributed by atoms with E-state index in [0.717, 1.165) is 17.9 Å². The molecule has 0 unspecified atom stereocenters. The van der Waals surface area contributed by atoms with Crippen LogP contribution in [0.25, 0.3) is 11.5 Å². The van der Waals surface area contributed by atoms with Gasteiger partial charge in [-0.2, -0.15) is 0 Å². The topological polar surface area (TPSA) is 60.4 Å². The number of nitrogens with one attached hydrogen (secondary N) is 1. The summed E-state index contributed by atoms with van der Waals surface area (Å²) in [4.78, 5) is 4.18. The van der Waals surface area contributed by atoms with Crippen molar-refractivity contribution in [1.29, 1.82) is 0 Å². The Labute approximate surface area is 99.8 Å². The summed E-state index contributed by atoms with van der Waals surface area (Å²) in [7, 11) is 1.67. The largest absolute Gasteiger partial charge is 0.461 e. The Bertz CT molecular complexity index is 462. The number of rotatable bonds is 6. The lowest BCUT2D eigenvalue weighted by Crippen LogP contribution is -2.18. The van der Waals surface area contributed by atoms with Gasteiger partial charge in [0.15, 0.2) is 11.5 Å². The van der Waals surface area contributed by atoms with E-state index in [-0.39, 0.29) is 0 Å². The first-order valence-electron chi connectivity index (χ1n) is 5.50. The fraction of sp³-hybridized carbons (Fsp3) is 0.417. The fourth-order valence-electron chi connectivity index (χ4n) is 1.49. The van der Waals surface area contributed by atoms with Gasteiger partial charge in [-0.1, -0.05) is 0 Å². The second-order valence-corrected chi connectivity index (χ2v) is 3.72. The van der Waals surface area contributed by atoms with Crippen LogP contribution in [0.3, 0.4) is 0 Å². The maximum Gasteiger partial charge on any atom is 0.209 e. The van der Waals surface area contributed by atoms with Crippen LogP contribution in [-0.4, -0.2) is 25.2 Å². The van der Waals surface area contributed by atoms with Gasteiger partial charge in [-0.3, -0.25) is 0 Å². The average molecular weight is 236 g/mol. The molecule has 0 saturated carbocycles. The van der Waals surface area contributed by atoms with Crippen molar-refractivity contribution in [2.45, 2.75) is 13.5 Å². The lowest BCUT2D eigenvalue weighted by Gasteiger charge is -1.99. The Morgan fingerprint density at radius 2 is 2.35 bits per heavy atom. The monoisotopic (exact) mass is 236 g/mol. The molecular formula is C12H16N2O3. The molecule has 0 aliphatic carbocycles. The van der Waals surface area contributed by atoms with E-state index in [1.54, 1.807) is 19.6 Å². The molecule has 0 saturated heterocycles. The third-order valence-electron chi connectivity index (χ3n) is 2.40. The number of aryl methyl sites for hydroxylation is 1. The molecular weight excluding hydrogens is 220 g/mol. The van der Waals surface area contributed by atoms with Gasteiger partial charge in [0, 0.05) is 13.7 Å². The van der Waals surface area contributed by atoms with Crippen molar-refractivity contribution >= 4 is 0 Å². The maximum atomic E-state index is 5.58. The van der Waals surface area contributed by atoms with E-state index in [1.807, 2.05) is 13.0 Å². The molecule has 1 N–H and O–H groups in total. The number of methoxy groups -OCH3 is 1. The zero-order valence-corrected chi connectivity index (χ0v) is 10.0. The molecule has 2 heterocycles. The van der Waals surface area contributed by atoms with Crippen LogP contribution in [0.4, 0.5) is 0 Å². The first-order chi connectivity index (χ1) is 8.31. The van der Waals surface area contributed by atoms with Gasteiger partial charge in [-0.25, -0.2) is 4.98 Å². The number of oxazole rings is 1. The Hall–Kier alpha value is -1.59. The molecule has 0 spiro atoms. The van der Waals surface area contributed by atoms with Gasteiger partial charge >= 0.3 is 0 Å². The molecule has 92 valence electrons. The van der Waals surface area contributed by atoms with Crippen molar-refractivity contribution < 1.29 is 13.6 Å². The van der Waals surface area contributed by atoms with Crippen LogP contribution in [0, 0.1) is 6.92 Å². The number of ether oxygens (including phenoxy) is 1. The van der Waals surface area contributed by atoms with Gasteiger partial charge in [0.05, 0.1) is 25.6 Å². The molecule has 5 heteroatoms. The van der Waals surface area contributed by atoms with Gasteiger partial charge in [-0.15, -0.1) is 0 Å². The van der Waals surface area contributed by atoms with E-state index < -0.39 is 0 Å². The summed E-state index contributed by atoms with van der Waals surface area (Å²) in [5.74, 6) is 2.04. The SMILES string of the molecule is COCCNCc1ncc(-c2occc2C)o1. The van der Waals surface area contributed by atoms with Crippen LogP contribution >= 0.6 is 0 Å². The molecule has 0 aromatic carbocycles. The van der Waals surface area contributed by atoms with E-state index in [0.29, 0.717) is 24.8 Å². The minimum absolute atomic E-state index is 0.586. The highest BCUT2D eigenvalue weighted by Crippen LogP contribution is 2.24. The Morgan fingerprint density at radius 3 is 3.06 bits per heavy atom. The number of nitrogens with zero attached hydrogens (tertiary/aromatic N) is 1. The van der Waals surface area contributed by atoms with E-state index in [9.17, 15) is 0 Å². The summed E-state index contributed by atoms with van der Waals surface area (Å²) in [6, 6.07) is 1.90. The number of aromatic nitrogens is 1. The van der Waals surface area contributed by atoms with E-state index in [2.05, 4.69) is 10.3 Å². The Kier molecular flexibility index (Phi) is 3.95. The summed E-state index contributed by atoms with van der Waals surface area (Å²) in [5.41, 5.74) is 1.04. The van der Waals surface area contributed by atoms with Crippen LogP contribution < -0.4 is 5.32 Å². The summed E-state index contributed by atoms with van der Waals surface area (Å²) in [6.45, 7) is 4.00. The van der Waals surface area contributed by atoms with Gasteiger partial charge in [0.2, 0.25) is 5.89 Å². The molecule has 5 nitrogen and oxygen atoms in total. The quantitative estimate of drug-likeness (QED) is 0.777. The lowest BCUT2D eigenvalue weighted by molar-refractivity contribution is 0.198. The molecule has 0 atom stereocenters. The fourth-order valence-corrected chi connectivity index (χ4v) is 1.49. The first-order valence-corrected chi connectivity index (χ1v) is 5.50. The summed E-state index contributed by atoms with van der Waals surface area (Å²) >= 11 is 0. The average Bonchev–Trinajstić information content (AvgIpc) is 2.93. The zero-order chi connectivity index (χ0) is 12.1. The van der Waals surface area contributed by atoms with Gasteiger partial charge in [0.1, 0.15) is 0 Å². The van der Waals surface area contributed by atoms with Crippen molar-refractivity contribution in [3.8, 4) is 11.5 Å². The zero-order valence-electron chi connectivity index (χ0n) is 10.0. The van der Waals surface area contributed by atoms with Crippen molar-refractivity contribution in [2.24, 2.45) is 0 Å². The molecule has 0 aliphatic heterocycles. The third kappa shape index (κ3) is 2.95. The summed E-state index contributed by atoms with van der Waals surface area (Å²) < 4.78 is 15.8. The predicted octanol–water partition coefficient (Wildman–Crippen LogP) is 1.98. The van der Waals surface area contributed by atoms with Gasteiger partial charge in [0.25, 0.3) is 0 Å². The third-order valence-corrected chi connectivity index (χ3v) is 2.40. The minimum Gasteiger partial charge on any atom is -0.461 e. The maximum absolute atomic E-state index is 5.58. The van der Waals surface area contributed by atoms with E-state index in [1.165, 1.54) is 0 Å². The molecule has 0 aliphatic rings. The normalized spacial score (nSPS) is 10.9. The molecule has 17 heavy (non-hydrogen) atoms. The minimum atomic E-state index is 0.586. The van der Waals surface area contributed by atoms with Gasteiger partial charge < -0.3 is 18.9 Å². The van der Waals surface area contributed by atoms with Crippen molar-refractivity contribution in [2.75, 3.05) is 20.3 Å². The van der Waals surface area contributed by atoms with Crippen LogP contribution in [0.1, 0.15) is 11.5 Å². The smallest absolute Gasteiger partial charge is 0.209 e. The highest BCUT2D eigenvalue weighted by Gasteiger charge is 2.11. The van der Waals surface area contributed by atoms with Crippen molar-refractivity contribution in [1.82, 2.24) is 10.3 Å². The Morgan fingerprint density at radius 1 is 1.47 bits per heavy atom. The van der Waals surface area contributed by atoms with E-state index >= 15 is 0 Å². The second-order valence-electron chi connectivity index (χ2n) is 3.72. The van der Waals surface area contributed by atoms with Crippen LogP contribution in [0.2, 0.25) is 0 Å². The molecule has 2 aromatic heterocycles. The van der Waals surface area contributed by atoms with E-state index in [4.69, 9.17) is 13.6 Å². The first kappa shape index (κ1) is 11.9. The highest BCUT2D eigenvalue weighted by molar-refractivity contribution is 5.53. The summed E-state index contributed by atoms with van der Waals surface area (Å²) in [5, 5.41) is 3.16. The summed E-state index contributed by atoms with van der Waals surface area (Å²) in [6.07, 6.45) is 3.32. The van der Waals surface area contributed by atoms with Crippen LogP contribution in [0.5, 0.6) is 0 Å². The number of hydrogen-bond acceptors (Lipinski definition) is 5. The molecule has 0 amide bonds. The molecule has 0 fully saturated rings. The molecule has 0 bridgehead atoms. The molecule has 2 rings (SSSR count). The highest BCUT2D eigenvalue weighted by atomic mass is 16.5. The van der Waals surface area contributed by atoms with Crippen LogP contribution in [-0.2, 0) is 11.3 Å². The van der Waals surface area contributed by atoms with Crippen molar-refractivity contribution in [3.05, 3.63) is 30.0 Å². The van der Waals surface area contributed by atoms with Crippen molar-refractivity contribution in [3.63, 3.8) is 0 Å².